The van der Waals surface area contributed by atoms with Gasteiger partial charge in [0.1, 0.15) is 19.0 Å². The number of hydrogen-bond donors (Lipinski definition) is 1. The number of nitrogens with one attached hydrogen (secondary N) is 1. The molecule has 0 unspecified atom stereocenters. The van der Waals surface area contributed by atoms with Gasteiger partial charge in [-0.25, -0.2) is 8.42 Å². The summed E-state index contributed by atoms with van der Waals surface area (Å²) in [5, 5.41) is 2.76. The van der Waals surface area contributed by atoms with Crippen molar-refractivity contribution in [2.75, 3.05) is 21.9 Å². The average molecular weight is 611 g/mol. The van der Waals surface area contributed by atoms with Crippen molar-refractivity contribution in [1.29, 1.82) is 0 Å². The molecule has 0 bridgehead atoms. The van der Waals surface area contributed by atoms with E-state index in [4.69, 9.17) is 13.9 Å². The van der Waals surface area contributed by atoms with Gasteiger partial charge in [-0.1, -0.05) is 60.7 Å². The number of anilines is 2. The quantitative estimate of drug-likeness (QED) is 0.214. The van der Waals surface area contributed by atoms with Crippen LogP contribution in [-0.4, -0.2) is 26.6 Å². The van der Waals surface area contributed by atoms with E-state index in [-0.39, 0.29) is 58.7 Å². The SMILES string of the molecule is CC(=O)Nc1cc(N2CCCS2(=O)=O)c2oc(-c3ccc(OCc4ccccc4)cc3)c(OCc3ccccc3)c(=O)c2c1. The lowest BCUT2D eigenvalue weighted by Gasteiger charge is -2.21. The molecule has 1 aliphatic rings. The lowest BCUT2D eigenvalue weighted by atomic mass is 10.1. The van der Waals surface area contributed by atoms with Gasteiger partial charge in [0.25, 0.3) is 0 Å². The number of ether oxygens (including phenoxy) is 2. The fraction of sp³-hybridized carbons (Fsp3) is 0.176. The van der Waals surface area contributed by atoms with Crippen molar-refractivity contribution < 1.29 is 27.1 Å². The van der Waals surface area contributed by atoms with Gasteiger partial charge in [-0.3, -0.25) is 13.9 Å². The molecule has 1 N–H and O–H groups in total. The fourth-order valence-corrected chi connectivity index (χ4v) is 6.69. The molecule has 4 aromatic carbocycles. The minimum absolute atomic E-state index is 0.0291. The van der Waals surface area contributed by atoms with Gasteiger partial charge in [0, 0.05) is 24.7 Å². The summed E-state index contributed by atoms with van der Waals surface area (Å²) in [6.45, 7) is 2.05. The van der Waals surface area contributed by atoms with Crippen molar-refractivity contribution in [3.8, 4) is 22.8 Å². The molecular weight excluding hydrogens is 580 g/mol. The van der Waals surface area contributed by atoms with Gasteiger partial charge in [-0.05, 0) is 53.9 Å². The minimum atomic E-state index is -3.65. The Morgan fingerprint density at radius 2 is 1.52 bits per heavy atom. The normalized spacial score (nSPS) is 14.0. The zero-order valence-corrected chi connectivity index (χ0v) is 24.8. The number of sulfonamides is 1. The summed E-state index contributed by atoms with van der Waals surface area (Å²) in [4.78, 5) is 26.1. The van der Waals surface area contributed by atoms with Crippen LogP contribution in [-0.2, 0) is 28.0 Å². The van der Waals surface area contributed by atoms with E-state index in [2.05, 4.69) is 5.32 Å². The zero-order valence-electron chi connectivity index (χ0n) is 24.0. The molecule has 1 fully saturated rings. The summed E-state index contributed by atoms with van der Waals surface area (Å²) >= 11 is 0. The molecule has 44 heavy (non-hydrogen) atoms. The van der Waals surface area contributed by atoms with Crippen LogP contribution in [0.5, 0.6) is 11.5 Å². The van der Waals surface area contributed by atoms with Crippen LogP contribution in [0, 0.1) is 0 Å². The third-order valence-electron chi connectivity index (χ3n) is 7.21. The Labute approximate surface area is 254 Å². The second kappa shape index (κ2) is 12.3. The maximum atomic E-state index is 14.1. The third kappa shape index (κ3) is 6.16. The number of nitrogens with zero attached hydrogens (tertiary/aromatic N) is 1. The van der Waals surface area contributed by atoms with Gasteiger partial charge in [0.15, 0.2) is 11.3 Å². The van der Waals surface area contributed by atoms with E-state index in [9.17, 15) is 18.0 Å². The second-order valence-corrected chi connectivity index (χ2v) is 12.5. The number of hydrogen-bond acceptors (Lipinski definition) is 7. The van der Waals surface area contributed by atoms with Crippen LogP contribution in [0.2, 0.25) is 0 Å². The number of rotatable bonds is 9. The first kappa shape index (κ1) is 29.0. The van der Waals surface area contributed by atoms with Crippen molar-refractivity contribution in [3.63, 3.8) is 0 Å². The van der Waals surface area contributed by atoms with Crippen LogP contribution >= 0.6 is 0 Å². The average Bonchev–Trinajstić information content (AvgIpc) is 3.39. The molecular formula is C34H30N2O7S. The highest BCUT2D eigenvalue weighted by Gasteiger charge is 2.32. The monoisotopic (exact) mass is 610 g/mol. The summed E-state index contributed by atoms with van der Waals surface area (Å²) in [7, 11) is -3.65. The largest absolute Gasteiger partial charge is 0.489 e. The third-order valence-corrected chi connectivity index (χ3v) is 9.07. The summed E-state index contributed by atoms with van der Waals surface area (Å²) in [6, 6.07) is 29.3. The Balaban J connectivity index is 1.47. The minimum Gasteiger partial charge on any atom is -0.489 e. The molecule has 0 saturated carbocycles. The molecule has 1 amide bonds. The number of carbonyl (C=O) groups excluding carboxylic acids is 1. The molecule has 6 rings (SSSR count). The number of amides is 1. The van der Waals surface area contributed by atoms with Crippen molar-refractivity contribution in [2.45, 2.75) is 26.6 Å². The van der Waals surface area contributed by atoms with Gasteiger partial charge in [-0.15, -0.1) is 0 Å². The molecule has 9 nitrogen and oxygen atoms in total. The summed E-state index contributed by atoms with van der Waals surface area (Å²) in [5.74, 6) is 0.346. The standard InChI is InChI=1S/C34H30N2O7S/c1-23(37)35-27-19-29-31(38)34(42-22-25-11-6-3-7-12-25)32(43-33(29)30(20-27)36-17-8-18-44(36,39)40)26-13-15-28(16-14-26)41-21-24-9-4-2-5-10-24/h2-7,9-16,19-20H,8,17-18,21-22H2,1H3,(H,35,37). The highest BCUT2D eigenvalue weighted by Crippen LogP contribution is 2.39. The van der Waals surface area contributed by atoms with Crippen molar-refractivity contribution >= 4 is 38.3 Å². The Morgan fingerprint density at radius 1 is 0.886 bits per heavy atom. The predicted octanol–water partition coefficient (Wildman–Crippen LogP) is 6.12. The fourth-order valence-electron chi connectivity index (χ4n) is 5.13. The molecule has 2 heterocycles. The first-order valence-electron chi connectivity index (χ1n) is 14.2. The van der Waals surface area contributed by atoms with Crippen LogP contribution in [0.15, 0.2) is 106 Å². The molecule has 224 valence electrons. The van der Waals surface area contributed by atoms with E-state index < -0.39 is 15.5 Å². The topological polar surface area (TPSA) is 115 Å². The molecule has 5 aromatic rings. The van der Waals surface area contributed by atoms with Gasteiger partial charge < -0.3 is 19.2 Å². The van der Waals surface area contributed by atoms with E-state index in [0.717, 1.165) is 11.1 Å². The molecule has 10 heteroatoms. The van der Waals surface area contributed by atoms with Crippen molar-refractivity contribution in [3.05, 3.63) is 118 Å². The van der Waals surface area contributed by atoms with Gasteiger partial charge in [0.2, 0.25) is 27.1 Å². The lowest BCUT2D eigenvalue weighted by molar-refractivity contribution is -0.114. The van der Waals surface area contributed by atoms with Crippen LogP contribution in [0.3, 0.4) is 0 Å². The summed E-state index contributed by atoms with van der Waals surface area (Å²) in [5.41, 5.74) is 2.46. The van der Waals surface area contributed by atoms with Crippen LogP contribution in [0.25, 0.3) is 22.3 Å². The maximum Gasteiger partial charge on any atom is 0.235 e. The van der Waals surface area contributed by atoms with Crippen LogP contribution < -0.4 is 24.5 Å². The van der Waals surface area contributed by atoms with E-state index in [0.29, 0.717) is 24.3 Å². The van der Waals surface area contributed by atoms with E-state index in [1.54, 1.807) is 24.3 Å². The number of benzene rings is 4. The molecule has 1 aliphatic heterocycles. The number of carbonyl (C=O) groups is 1. The van der Waals surface area contributed by atoms with E-state index in [1.165, 1.54) is 23.4 Å². The molecule has 1 aromatic heterocycles. The van der Waals surface area contributed by atoms with Gasteiger partial charge in [0.05, 0.1) is 16.8 Å². The molecule has 1 saturated heterocycles. The van der Waals surface area contributed by atoms with Crippen LogP contribution in [0.4, 0.5) is 11.4 Å². The molecule has 0 radical (unpaired) electrons. The smallest absolute Gasteiger partial charge is 0.235 e. The summed E-state index contributed by atoms with van der Waals surface area (Å²) < 4.78 is 45.7. The van der Waals surface area contributed by atoms with Gasteiger partial charge in [-0.2, -0.15) is 0 Å². The molecule has 0 spiro atoms. The van der Waals surface area contributed by atoms with Crippen molar-refractivity contribution in [1.82, 2.24) is 0 Å². The maximum absolute atomic E-state index is 14.1. The molecule has 0 aliphatic carbocycles. The van der Waals surface area contributed by atoms with Gasteiger partial charge >= 0.3 is 0 Å². The second-order valence-electron chi connectivity index (χ2n) is 10.5. The van der Waals surface area contributed by atoms with Crippen molar-refractivity contribution in [2.24, 2.45) is 0 Å². The van der Waals surface area contributed by atoms with E-state index >= 15 is 0 Å². The van der Waals surface area contributed by atoms with E-state index in [1.807, 2.05) is 60.7 Å². The highest BCUT2D eigenvalue weighted by atomic mass is 32.2. The first-order chi connectivity index (χ1) is 21.3. The Kier molecular flexibility index (Phi) is 8.08. The molecule has 0 atom stereocenters. The Hall–Kier alpha value is -5.09. The van der Waals surface area contributed by atoms with Crippen LogP contribution in [0.1, 0.15) is 24.5 Å². The predicted molar refractivity (Wildman–Crippen MR) is 170 cm³/mol. The Bertz CT molecular complexity index is 1970. The highest BCUT2D eigenvalue weighted by molar-refractivity contribution is 7.93. The lowest BCUT2D eigenvalue weighted by Crippen LogP contribution is -2.26. The Morgan fingerprint density at radius 3 is 2.11 bits per heavy atom. The summed E-state index contributed by atoms with van der Waals surface area (Å²) in [6.07, 6.45) is 0.425. The zero-order chi connectivity index (χ0) is 30.7. The number of fused-ring (bicyclic) bond motifs is 1. The first-order valence-corrected chi connectivity index (χ1v) is 15.8.